The van der Waals surface area contributed by atoms with Crippen molar-refractivity contribution in [2.75, 3.05) is 67.6 Å². The Labute approximate surface area is 299 Å². The molecule has 0 rings (SSSR count). The summed E-state index contributed by atoms with van der Waals surface area (Å²) in [6.45, 7) is 7.79. The number of unbranched alkanes of at least 4 members (excludes halogenated alkanes) is 22. The number of esters is 2. The number of carbonyl (C=O) groups is 2. The fourth-order valence-electron chi connectivity index (χ4n) is 6.56. The van der Waals surface area contributed by atoms with Crippen LogP contribution in [0.1, 0.15) is 181 Å². The Balaban J connectivity index is 3.83. The van der Waals surface area contributed by atoms with Crippen molar-refractivity contribution in [2.24, 2.45) is 0 Å². The third-order valence-electron chi connectivity index (χ3n) is 9.80. The molecule has 0 aliphatic heterocycles. The van der Waals surface area contributed by atoms with Crippen LogP contribution in [-0.4, -0.2) is 99.7 Å². The molecule has 0 atom stereocenters. The Bertz CT molecular complexity index is 682. The lowest BCUT2D eigenvalue weighted by Crippen LogP contribution is -2.54. The minimum absolute atomic E-state index is 0.103. The molecule has 0 saturated heterocycles. The van der Waals surface area contributed by atoms with Crippen LogP contribution in [0.25, 0.3) is 0 Å². The van der Waals surface area contributed by atoms with Crippen LogP contribution in [0.3, 0.4) is 0 Å². The van der Waals surface area contributed by atoms with Gasteiger partial charge in [-0.15, -0.1) is 0 Å². The van der Waals surface area contributed by atoms with E-state index in [-0.39, 0.29) is 11.9 Å². The number of aliphatic hydroxyl groups excluding tert-OH is 1. The number of ether oxygens (including phenoxy) is 2. The maximum absolute atomic E-state index is 12.2. The highest BCUT2D eigenvalue weighted by atomic mass is 16.5. The van der Waals surface area contributed by atoms with Gasteiger partial charge in [0.15, 0.2) is 6.10 Å². The average molecular weight is 685 g/mol. The van der Waals surface area contributed by atoms with Gasteiger partial charge >= 0.3 is 11.9 Å². The molecular formula is C41H84N2O5+2. The number of hydrogen-bond donors (Lipinski definition) is 1. The summed E-state index contributed by atoms with van der Waals surface area (Å²) in [5.74, 6) is -0.206. The number of rotatable bonds is 36. The molecule has 0 aliphatic carbocycles. The highest BCUT2D eigenvalue weighted by Gasteiger charge is 2.27. The van der Waals surface area contributed by atoms with Gasteiger partial charge < -0.3 is 23.5 Å². The molecule has 0 heterocycles. The summed E-state index contributed by atoms with van der Waals surface area (Å²) in [4.78, 5) is 24.4. The lowest BCUT2D eigenvalue weighted by Gasteiger charge is -2.35. The van der Waals surface area contributed by atoms with Crippen LogP contribution in [0.15, 0.2) is 0 Å². The van der Waals surface area contributed by atoms with Crippen molar-refractivity contribution < 1.29 is 33.1 Å². The van der Waals surface area contributed by atoms with Crippen LogP contribution >= 0.6 is 0 Å². The zero-order valence-corrected chi connectivity index (χ0v) is 33.2. The first-order valence-electron chi connectivity index (χ1n) is 20.6. The summed E-state index contributed by atoms with van der Waals surface area (Å²) in [6, 6.07) is 0. The highest BCUT2D eigenvalue weighted by Crippen LogP contribution is 2.14. The van der Waals surface area contributed by atoms with Gasteiger partial charge in [0.05, 0.1) is 28.2 Å². The number of nitrogens with zero attached hydrogens (tertiary/aromatic N) is 2. The molecule has 0 bridgehead atoms. The molecule has 286 valence electrons. The SMILES string of the molecule is CCCCCCCCCCCCCCC(=O)OCC[N+](C)(C)CC(O)C[N+](C)(C)CCOC(=O)CCCCCCCCCCCCCC. The topological polar surface area (TPSA) is 72.8 Å². The van der Waals surface area contributed by atoms with E-state index in [0.717, 1.165) is 25.7 Å². The lowest BCUT2D eigenvalue weighted by atomic mass is 10.0. The van der Waals surface area contributed by atoms with Crippen molar-refractivity contribution in [1.82, 2.24) is 0 Å². The minimum atomic E-state index is -0.497. The van der Waals surface area contributed by atoms with E-state index in [2.05, 4.69) is 42.0 Å². The van der Waals surface area contributed by atoms with Crippen molar-refractivity contribution in [2.45, 2.75) is 187 Å². The van der Waals surface area contributed by atoms with Gasteiger partial charge in [-0.3, -0.25) is 9.59 Å². The molecule has 1 N–H and O–H groups in total. The van der Waals surface area contributed by atoms with Crippen LogP contribution < -0.4 is 0 Å². The molecule has 0 radical (unpaired) electrons. The first kappa shape index (κ1) is 46.8. The van der Waals surface area contributed by atoms with Crippen molar-refractivity contribution in [3.05, 3.63) is 0 Å². The lowest BCUT2D eigenvalue weighted by molar-refractivity contribution is -0.914. The Morgan fingerprint density at radius 3 is 0.979 bits per heavy atom. The second-order valence-corrected chi connectivity index (χ2v) is 16.1. The third kappa shape index (κ3) is 33.3. The molecule has 0 aromatic carbocycles. The van der Waals surface area contributed by atoms with Gasteiger partial charge in [0.2, 0.25) is 0 Å². The molecule has 48 heavy (non-hydrogen) atoms. The van der Waals surface area contributed by atoms with Crippen LogP contribution in [0, 0.1) is 0 Å². The average Bonchev–Trinajstić information content (AvgIpc) is 3.01. The van der Waals surface area contributed by atoms with Gasteiger partial charge in [-0.05, 0) is 12.8 Å². The van der Waals surface area contributed by atoms with Crippen LogP contribution in [-0.2, 0) is 19.1 Å². The van der Waals surface area contributed by atoms with E-state index >= 15 is 0 Å². The molecule has 0 saturated carbocycles. The number of carbonyl (C=O) groups excluding carboxylic acids is 2. The third-order valence-corrected chi connectivity index (χ3v) is 9.80. The van der Waals surface area contributed by atoms with Crippen molar-refractivity contribution in [3.63, 3.8) is 0 Å². The zero-order valence-electron chi connectivity index (χ0n) is 33.2. The van der Waals surface area contributed by atoms with E-state index in [1.165, 1.54) is 128 Å². The first-order chi connectivity index (χ1) is 23.0. The molecule has 0 amide bonds. The maximum Gasteiger partial charge on any atom is 0.305 e. The quantitative estimate of drug-likeness (QED) is 0.0404. The van der Waals surface area contributed by atoms with E-state index in [1.54, 1.807) is 0 Å². The molecule has 0 spiro atoms. The van der Waals surface area contributed by atoms with Crippen molar-refractivity contribution >= 4 is 11.9 Å². The summed E-state index contributed by atoms with van der Waals surface area (Å²) in [5.41, 5.74) is 0. The van der Waals surface area contributed by atoms with Gasteiger partial charge in [-0.1, -0.05) is 155 Å². The predicted octanol–water partition coefficient (Wildman–Crippen LogP) is 9.77. The zero-order chi connectivity index (χ0) is 35.8. The van der Waals surface area contributed by atoms with Crippen LogP contribution in [0.4, 0.5) is 0 Å². The second kappa shape index (κ2) is 31.8. The van der Waals surface area contributed by atoms with E-state index in [1.807, 2.05) is 0 Å². The summed E-state index contributed by atoms with van der Waals surface area (Å²) in [6.07, 6.45) is 31.3. The van der Waals surface area contributed by atoms with Crippen molar-refractivity contribution in [1.29, 1.82) is 0 Å². The maximum atomic E-state index is 12.2. The molecule has 0 unspecified atom stereocenters. The molecule has 0 aliphatic rings. The number of quaternary nitrogens is 2. The summed E-state index contributed by atoms with van der Waals surface area (Å²) >= 11 is 0. The van der Waals surface area contributed by atoms with Crippen LogP contribution in [0.5, 0.6) is 0 Å². The van der Waals surface area contributed by atoms with Gasteiger partial charge in [0.1, 0.15) is 39.4 Å². The molecular weight excluding hydrogens is 600 g/mol. The summed E-state index contributed by atoms with van der Waals surface area (Å²) in [5, 5.41) is 10.8. The van der Waals surface area contributed by atoms with E-state index in [0.29, 0.717) is 61.2 Å². The molecule has 0 aromatic rings. The fraction of sp³-hybridized carbons (Fsp3) is 0.951. The predicted molar refractivity (Wildman–Crippen MR) is 203 cm³/mol. The normalized spacial score (nSPS) is 12.2. The molecule has 7 heteroatoms. The van der Waals surface area contributed by atoms with E-state index in [4.69, 9.17) is 9.47 Å². The molecule has 7 nitrogen and oxygen atoms in total. The van der Waals surface area contributed by atoms with E-state index in [9.17, 15) is 14.7 Å². The first-order valence-corrected chi connectivity index (χ1v) is 20.6. The highest BCUT2D eigenvalue weighted by molar-refractivity contribution is 5.69. The van der Waals surface area contributed by atoms with Crippen molar-refractivity contribution in [3.8, 4) is 0 Å². The summed E-state index contributed by atoms with van der Waals surface area (Å²) < 4.78 is 12.2. The molecule has 0 aromatic heterocycles. The fourth-order valence-corrected chi connectivity index (χ4v) is 6.56. The monoisotopic (exact) mass is 685 g/mol. The Hall–Kier alpha value is -1.18. The standard InChI is InChI=1S/C41H84N2O5/c1-7-9-11-13-15-17-19-21-23-25-27-29-31-40(45)47-35-33-42(3,4)37-39(44)38-43(5,6)34-36-48-41(46)32-30-28-26-24-22-20-18-16-14-12-10-8-2/h39,44H,7-38H2,1-6H3/q+2. The molecule has 0 fully saturated rings. The smallest absolute Gasteiger partial charge is 0.305 e. The summed E-state index contributed by atoms with van der Waals surface area (Å²) in [7, 11) is 8.28. The Morgan fingerprint density at radius 2 is 0.708 bits per heavy atom. The number of hydrogen-bond acceptors (Lipinski definition) is 5. The second-order valence-electron chi connectivity index (χ2n) is 16.1. The number of likely N-dealkylation sites (N-methyl/N-ethyl adjacent to an activating group) is 2. The Morgan fingerprint density at radius 1 is 0.458 bits per heavy atom. The Kier molecular flexibility index (Phi) is 31.0. The van der Waals surface area contributed by atoms with Crippen LogP contribution in [0.2, 0.25) is 0 Å². The van der Waals surface area contributed by atoms with Gasteiger partial charge in [0, 0.05) is 12.8 Å². The largest absolute Gasteiger partial charge is 0.460 e. The van der Waals surface area contributed by atoms with Gasteiger partial charge in [0.25, 0.3) is 0 Å². The van der Waals surface area contributed by atoms with Gasteiger partial charge in [-0.2, -0.15) is 0 Å². The van der Waals surface area contributed by atoms with Gasteiger partial charge in [-0.25, -0.2) is 0 Å². The minimum Gasteiger partial charge on any atom is -0.460 e. The van der Waals surface area contributed by atoms with E-state index < -0.39 is 6.10 Å². The number of aliphatic hydroxyl groups is 1.